The first kappa shape index (κ1) is 26.8. The van der Waals surface area contributed by atoms with E-state index in [1.54, 1.807) is 25.3 Å². The second kappa shape index (κ2) is 12.3. The van der Waals surface area contributed by atoms with Crippen LogP contribution in [0.25, 0.3) is 6.08 Å². The van der Waals surface area contributed by atoms with Crippen LogP contribution in [0.15, 0.2) is 69.3 Å². The van der Waals surface area contributed by atoms with Crippen molar-refractivity contribution in [1.82, 2.24) is 4.90 Å². The first-order valence-corrected chi connectivity index (χ1v) is 13.7. The largest absolute Gasteiger partial charge is 0.493 e. The average molecular weight is 535 g/mol. The predicted octanol–water partition coefficient (Wildman–Crippen LogP) is 5.76. The summed E-state index contributed by atoms with van der Waals surface area (Å²) in [6, 6.07) is 11.1. The predicted molar refractivity (Wildman–Crippen MR) is 142 cm³/mol. The molecule has 0 bridgehead atoms. The molecule has 0 aromatic heterocycles. The van der Waals surface area contributed by atoms with Crippen LogP contribution in [0.2, 0.25) is 5.02 Å². The van der Waals surface area contributed by atoms with E-state index in [2.05, 4.69) is 17.9 Å². The number of hydrogen-bond donors (Lipinski definition) is 0. The van der Waals surface area contributed by atoms with Gasteiger partial charge in [-0.1, -0.05) is 43.5 Å². The molecular formula is C25H27ClN2O5S2. The van der Waals surface area contributed by atoms with Crippen molar-refractivity contribution < 1.29 is 22.7 Å². The second-order valence-corrected chi connectivity index (χ2v) is 10.6. The molecule has 10 heteroatoms. The molecule has 0 radical (unpaired) electrons. The summed E-state index contributed by atoms with van der Waals surface area (Å²) in [6.07, 6.45) is 6.33. The summed E-state index contributed by atoms with van der Waals surface area (Å²) in [5, 5.41) is 0.465. The molecule has 1 heterocycles. The van der Waals surface area contributed by atoms with Gasteiger partial charge in [0.1, 0.15) is 0 Å². The third-order valence-corrected chi connectivity index (χ3v) is 7.66. The molecule has 35 heavy (non-hydrogen) atoms. The summed E-state index contributed by atoms with van der Waals surface area (Å²) in [4.78, 5) is 14.6. The fourth-order valence-electron chi connectivity index (χ4n) is 3.21. The molecule has 3 rings (SSSR count). The van der Waals surface area contributed by atoms with Gasteiger partial charge in [-0.15, -0.1) is 11.0 Å². The molecule has 1 aliphatic heterocycles. The molecule has 0 atom stereocenters. The smallest absolute Gasteiger partial charge is 0.284 e. The van der Waals surface area contributed by atoms with Gasteiger partial charge in [-0.25, -0.2) is 0 Å². The van der Waals surface area contributed by atoms with E-state index in [-0.39, 0.29) is 22.5 Å². The van der Waals surface area contributed by atoms with Crippen molar-refractivity contribution in [3.63, 3.8) is 0 Å². The molecule has 1 saturated heterocycles. The van der Waals surface area contributed by atoms with Crippen molar-refractivity contribution in [2.75, 3.05) is 20.3 Å². The maximum atomic E-state index is 13.0. The van der Waals surface area contributed by atoms with Crippen LogP contribution in [-0.4, -0.2) is 44.7 Å². The van der Waals surface area contributed by atoms with E-state index in [1.165, 1.54) is 35.2 Å². The van der Waals surface area contributed by atoms with E-state index in [0.29, 0.717) is 33.6 Å². The third kappa shape index (κ3) is 6.90. The number of methoxy groups -OCH3 is 1. The van der Waals surface area contributed by atoms with Gasteiger partial charge in [0.15, 0.2) is 16.7 Å². The van der Waals surface area contributed by atoms with Gasteiger partial charge in [0.25, 0.3) is 15.9 Å². The minimum Gasteiger partial charge on any atom is -0.493 e. The molecule has 7 nitrogen and oxygen atoms in total. The maximum absolute atomic E-state index is 13.0. The van der Waals surface area contributed by atoms with Crippen LogP contribution in [0.5, 0.6) is 11.5 Å². The molecule has 1 aliphatic rings. The lowest BCUT2D eigenvalue weighted by Crippen LogP contribution is -2.29. The lowest BCUT2D eigenvalue weighted by molar-refractivity contribution is -0.121. The molecule has 0 saturated carbocycles. The maximum Gasteiger partial charge on any atom is 0.284 e. The number of sulfonamides is 1. The molecule has 0 unspecified atom stereocenters. The summed E-state index contributed by atoms with van der Waals surface area (Å²) in [5.74, 6) is 0.813. The van der Waals surface area contributed by atoms with E-state index < -0.39 is 10.0 Å². The van der Waals surface area contributed by atoms with Crippen LogP contribution in [0.3, 0.4) is 0 Å². The Kier molecular flexibility index (Phi) is 9.42. The van der Waals surface area contributed by atoms with Crippen LogP contribution >= 0.6 is 23.4 Å². The fraction of sp³-hybridized carbons (Fsp3) is 0.280. The quantitative estimate of drug-likeness (QED) is 0.207. The number of amidine groups is 1. The molecule has 0 N–H and O–H groups in total. The molecule has 1 fully saturated rings. The van der Waals surface area contributed by atoms with Gasteiger partial charge in [-0.3, -0.25) is 9.69 Å². The minimum absolute atomic E-state index is 0.0160. The average Bonchev–Trinajstić information content (AvgIpc) is 3.11. The van der Waals surface area contributed by atoms with Gasteiger partial charge >= 0.3 is 0 Å². The highest BCUT2D eigenvalue weighted by Crippen LogP contribution is 2.35. The molecule has 2 aromatic rings. The Morgan fingerprint density at radius 1 is 1.14 bits per heavy atom. The van der Waals surface area contributed by atoms with Crippen LogP contribution in [-0.2, 0) is 14.8 Å². The van der Waals surface area contributed by atoms with Crippen LogP contribution in [0.4, 0.5) is 0 Å². The number of unbranched alkanes of at least 4 members (excludes halogenated alkanes) is 2. The lowest BCUT2D eigenvalue weighted by atomic mass is 10.2. The Bertz CT molecular complexity index is 1240. The number of amides is 1. The number of benzene rings is 2. The number of nitrogens with zero attached hydrogens (tertiary/aromatic N) is 2. The van der Waals surface area contributed by atoms with Gasteiger partial charge in [-0.05, 0) is 66.2 Å². The number of rotatable bonds is 11. The molecule has 0 aliphatic carbocycles. The topological polar surface area (TPSA) is 85.3 Å². The summed E-state index contributed by atoms with van der Waals surface area (Å²) >= 11 is 6.84. The minimum atomic E-state index is -4.04. The highest BCUT2D eigenvalue weighted by atomic mass is 35.5. The number of halogens is 1. The Labute approximate surface area is 215 Å². The van der Waals surface area contributed by atoms with Crippen LogP contribution < -0.4 is 9.47 Å². The zero-order chi connectivity index (χ0) is 25.4. The highest BCUT2D eigenvalue weighted by Gasteiger charge is 2.34. The zero-order valence-electron chi connectivity index (χ0n) is 19.6. The van der Waals surface area contributed by atoms with Crippen molar-refractivity contribution in [3.8, 4) is 11.5 Å². The van der Waals surface area contributed by atoms with E-state index in [1.807, 2.05) is 6.07 Å². The molecule has 1 amide bonds. The van der Waals surface area contributed by atoms with E-state index in [9.17, 15) is 13.2 Å². The van der Waals surface area contributed by atoms with Gasteiger partial charge in [0.2, 0.25) is 0 Å². The molecule has 186 valence electrons. The number of carbonyl (C=O) groups is 1. The monoisotopic (exact) mass is 534 g/mol. The molecule has 0 spiro atoms. The third-order valence-electron chi connectivity index (χ3n) is 5.00. The Balaban J connectivity index is 1.88. The van der Waals surface area contributed by atoms with Crippen molar-refractivity contribution in [2.45, 2.75) is 31.1 Å². The van der Waals surface area contributed by atoms with Crippen LogP contribution in [0.1, 0.15) is 31.7 Å². The van der Waals surface area contributed by atoms with Crippen LogP contribution in [0, 0.1) is 0 Å². The van der Waals surface area contributed by atoms with E-state index >= 15 is 0 Å². The van der Waals surface area contributed by atoms with Gasteiger partial charge in [0.05, 0.1) is 23.5 Å². The van der Waals surface area contributed by atoms with Crippen molar-refractivity contribution >= 4 is 50.5 Å². The van der Waals surface area contributed by atoms with Crippen molar-refractivity contribution in [3.05, 3.63) is 70.6 Å². The molecular weight excluding hydrogens is 508 g/mol. The number of thioether (sulfide) groups is 1. The van der Waals surface area contributed by atoms with Gasteiger partial charge in [-0.2, -0.15) is 8.42 Å². The Morgan fingerprint density at radius 2 is 1.89 bits per heavy atom. The number of carbonyl (C=O) groups excluding carboxylic acids is 1. The first-order chi connectivity index (χ1) is 16.8. The number of ether oxygens (including phenoxy) is 2. The van der Waals surface area contributed by atoms with Gasteiger partial charge in [0, 0.05) is 11.6 Å². The second-order valence-electron chi connectivity index (χ2n) is 7.58. The van der Waals surface area contributed by atoms with E-state index in [0.717, 1.165) is 31.0 Å². The fourth-order valence-corrected chi connectivity index (χ4v) is 5.52. The summed E-state index contributed by atoms with van der Waals surface area (Å²) in [7, 11) is -2.49. The highest BCUT2D eigenvalue weighted by molar-refractivity contribution is 8.19. The summed E-state index contributed by atoms with van der Waals surface area (Å²) in [5.41, 5.74) is 0.707. The standard InChI is InChI=1S/C25H27ClN2O5S2/c1-4-6-7-15-33-21-13-8-18(16-22(21)32-3)17-23-24(29)28(14-5-2)25(34-23)27-35(30,31)20-11-9-19(26)10-12-20/h5,8-13,16-17H,2,4,6-7,14-15H2,1,3H3. The SMILES string of the molecule is C=CCN1C(=O)C(=Cc2ccc(OCCCCC)c(OC)c2)SC1=NS(=O)(=O)c1ccc(Cl)cc1. The zero-order valence-corrected chi connectivity index (χ0v) is 22.0. The van der Waals surface area contributed by atoms with E-state index in [4.69, 9.17) is 21.1 Å². The first-order valence-electron chi connectivity index (χ1n) is 11.0. The summed E-state index contributed by atoms with van der Waals surface area (Å²) < 4.78 is 40.8. The summed E-state index contributed by atoms with van der Waals surface area (Å²) in [6.45, 7) is 6.50. The Morgan fingerprint density at radius 3 is 2.54 bits per heavy atom. The lowest BCUT2D eigenvalue weighted by Gasteiger charge is -2.12. The van der Waals surface area contributed by atoms with Crippen molar-refractivity contribution in [1.29, 1.82) is 0 Å². The molecule has 2 aromatic carbocycles. The van der Waals surface area contributed by atoms with Gasteiger partial charge < -0.3 is 9.47 Å². The normalized spacial score (nSPS) is 16.2. The Hall–Kier alpha value is -2.75. The number of hydrogen-bond acceptors (Lipinski definition) is 6. The van der Waals surface area contributed by atoms with Crippen molar-refractivity contribution in [2.24, 2.45) is 4.40 Å².